The molecule has 0 radical (unpaired) electrons. The Morgan fingerprint density at radius 1 is 1.18 bits per heavy atom. The third kappa shape index (κ3) is 5.60. The van der Waals surface area contributed by atoms with E-state index in [1.165, 1.54) is 0 Å². The first kappa shape index (κ1) is 27.7. The van der Waals surface area contributed by atoms with Crippen molar-refractivity contribution < 1.29 is 23.1 Å². The van der Waals surface area contributed by atoms with Crippen molar-refractivity contribution in [3.63, 3.8) is 0 Å². The maximum absolute atomic E-state index is 13.1. The molecule has 210 valence electrons. The van der Waals surface area contributed by atoms with Crippen LogP contribution in [0.1, 0.15) is 43.2 Å². The summed E-state index contributed by atoms with van der Waals surface area (Å²) in [4.78, 5) is 14.0. The number of halogens is 3. The molecule has 2 bridgehead atoms. The zero-order chi connectivity index (χ0) is 27.8. The maximum atomic E-state index is 13.1. The number of aromatic nitrogens is 3. The normalized spacial score (nSPS) is 19.9. The molecule has 3 aromatic rings. The molecule has 2 fully saturated rings. The summed E-state index contributed by atoms with van der Waals surface area (Å²) in [6.07, 6.45) is -0.581. The second-order valence-corrected chi connectivity index (χ2v) is 10.9. The molecule has 0 saturated carbocycles. The molecule has 0 aliphatic carbocycles. The van der Waals surface area contributed by atoms with E-state index in [-0.39, 0.29) is 25.2 Å². The van der Waals surface area contributed by atoms with Crippen LogP contribution in [0, 0.1) is 20.8 Å². The number of aliphatic hydroxyl groups excluding tert-OH is 1. The van der Waals surface area contributed by atoms with E-state index in [1.807, 2.05) is 32.6 Å². The number of benzene rings is 1. The number of fused-ring (bicyclic) bond motifs is 2. The lowest BCUT2D eigenvalue weighted by Crippen LogP contribution is -2.48. The van der Waals surface area contributed by atoms with Gasteiger partial charge in [0.05, 0.1) is 34.6 Å². The lowest BCUT2D eigenvalue weighted by Gasteiger charge is -2.35. The van der Waals surface area contributed by atoms with Gasteiger partial charge in [-0.2, -0.15) is 0 Å². The van der Waals surface area contributed by atoms with E-state index >= 15 is 0 Å². The summed E-state index contributed by atoms with van der Waals surface area (Å²) in [5, 5.41) is 14.7. The van der Waals surface area contributed by atoms with Crippen molar-refractivity contribution in [2.75, 3.05) is 31.1 Å². The summed E-state index contributed by atoms with van der Waals surface area (Å²) in [7, 11) is 0. The van der Waals surface area contributed by atoms with Crippen LogP contribution in [-0.2, 0) is 0 Å². The fourth-order valence-electron chi connectivity index (χ4n) is 5.75. The second-order valence-electron chi connectivity index (χ2n) is 10.5. The first-order valence-electron chi connectivity index (χ1n) is 13.4. The summed E-state index contributed by atoms with van der Waals surface area (Å²) in [5.74, 6) is 2.37. The Labute approximate surface area is 231 Å². The van der Waals surface area contributed by atoms with E-state index in [1.54, 1.807) is 18.2 Å². The van der Waals surface area contributed by atoms with E-state index in [0.29, 0.717) is 58.8 Å². The molecule has 0 amide bonds. The molecule has 5 rings (SSSR count). The Balaban J connectivity index is 1.55. The number of hydrogen-bond donors (Lipinski definition) is 1. The van der Waals surface area contributed by atoms with Crippen LogP contribution >= 0.6 is 11.6 Å². The number of hydrogen-bond acceptors (Lipinski definition) is 8. The number of likely N-dealkylation sites (tertiary alicyclic amines) is 1. The second kappa shape index (κ2) is 11.3. The van der Waals surface area contributed by atoms with Crippen LogP contribution in [0.15, 0.2) is 22.7 Å². The average molecular weight is 562 g/mol. The van der Waals surface area contributed by atoms with Gasteiger partial charge in [-0.15, -0.1) is 0 Å². The molecule has 1 aromatic carbocycles. The molecule has 11 heteroatoms. The van der Waals surface area contributed by atoms with Crippen molar-refractivity contribution in [3.05, 3.63) is 40.2 Å². The molecule has 0 unspecified atom stereocenters. The third-order valence-corrected chi connectivity index (χ3v) is 7.96. The number of aryl methyl sites for hydroxylation is 2. The van der Waals surface area contributed by atoms with Gasteiger partial charge in [0.25, 0.3) is 6.43 Å². The number of nitrogens with zero attached hydrogens (tertiary/aromatic N) is 5. The van der Waals surface area contributed by atoms with Crippen LogP contribution in [-0.4, -0.2) is 76.0 Å². The van der Waals surface area contributed by atoms with Crippen molar-refractivity contribution in [1.82, 2.24) is 20.0 Å². The first-order valence-corrected chi connectivity index (χ1v) is 13.8. The molecule has 2 saturated heterocycles. The smallest absolute Gasteiger partial charge is 0.251 e. The minimum Gasteiger partial charge on any atom is -0.491 e. The van der Waals surface area contributed by atoms with Crippen LogP contribution in [0.3, 0.4) is 0 Å². The fourth-order valence-corrected chi connectivity index (χ4v) is 5.96. The highest BCUT2D eigenvalue weighted by molar-refractivity contribution is 6.33. The molecular weight excluding hydrogens is 528 g/mol. The van der Waals surface area contributed by atoms with Gasteiger partial charge in [0, 0.05) is 36.3 Å². The molecule has 1 N–H and O–H groups in total. The van der Waals surface area contributed by atoms with Gasteiger partial charge in [-0.05, 0) is 51.8 Å². The van der Waals surface area contributed by atoms with E-state index in [0.717, 1.165) is 29.8 Å². The molecule has 2 aliphatic heterocycles. The number of anilines is 1. The standard InChI is InChI=1S/C28H34ClF2N5O3/c1-5-6-20(37)14-38-21-7-8-23(29)22(10-21)27-32-26(25-16(3)34-39-17(25)4)15(2)28(33-27)36-12-18-9-19(36)11-35(18)13-24(30)31/h7-8,10,18-20,24,37H,5-6,9,11-14H2,1-4H3/t18-,19-,20-/m1/s1. The predicted octanol–water partition coefficient (Wildman–Crippen LogP) is 5.45. The Bertz CT molecular complexity index is 1320. The Kier molecular flexibility index (Phi) is 8.07. The largest absolute Gasteiger partial charge is 0.491 e. The highest BCUT2D eigenvalue weighted by atomic mass is 35.5. The van der Waals surface area contributed by atoms with Gasteiger partial charge in [0.15, 0.2) is 5.82 Å². The van der Waals surface area contributed by atoms with Gasteiger partial charge >= 0.3 is 0 Å². The molecule has 2 aliphatic rings. The Morgan fingerprint density at radius 2 is 1.97 bits per heavy atom. The van der Waals surface area contributed by atoms with Crippen molar-refractivity contribution in [3.8, 4) is 28.4 Å². The van der Waals surface area contributed by atoms with Gasteiger partial charge in [-0.25, -0.2) is 18.7 Å². The lowest BCUT2D eigenvalue weighted by atomic mass is 10.0. The molecule has 0 spiro atoms. The minimum atomic E-state index is -2.35. The summed E-state index contributed by atoms with van der Waals surface area (Å²) >= 11 is 6.66. The molecular formula is C28H34ClF2N5O3. The van der Waals surface area contributed by atoms with Gasteiger partial charge in [0.1, 0.15) is 23.9 Å². The number of rotatable bonds is 10. The van der Waals surface area contributed by atoms with Gasteiger partial charge in [-0.3, -0.25) is 4.90 Å². The number of ether oxygens (including phenoxy) is 1. The lowest BCUT2D eigenvalue weighted by molar-refractivity contribution is 0.0790. The van der Waals surface area contributed by atoms with Crippen molar-refractivity contribution in [2.24, 2.45) is 0 Å². The van der Waals surface area contributed by atoms with Crippen LogP contribution < -0.4 is 9.64 Å². The van der Waals surface area contributed by atoms with E-state index in [2.05, 4.69) is 10.1 Å². The molecule has 4 heterocycles. The van der Waals surface area contributed by atoms with E-state index < -0.39 is 12.5 Å². The monoisotopic (exact) mass is 561 g/mol. The highest BCUT2D eigenvalue weighted by Crippen LogP contribution is 2.41. The van der Waals surface area contributed by atoms with Crippen molar-refractivity contribution in [2.45, 2.75) is 71.6 Å². The number of aliphatic hydroxyl groups is 1. The van der Waals surface area contributed by atoms with Gasteiger partial charge in [-0.1, -0.05) is 30.1 Å². The summed E-state index contributed by atoms with van der Waals surface area (Å²) < 4.78 is 37.5. The summed E-state index contributed by atoms with van der Waals surface area (Å²) in [6, 6.07) is 5.41. The Hall–Kier alpha value is -2.82. The maximum Gasteiger partial charge on any atom is 0.251 e. The number of piperazine rings is 1. The van der Waals surface area contributed by atoms with Crippen LogP contribution in [0.25, 0.3) is 22.6 Å². The van der Waals surface area contributed by atoms with Gasteiger partial charge < -0.3 is 19.3 Å². The molecule has 2 aromatic heterocycles. The fraction of sp³-hybridized carbons (Fsp3) is 0.536. The summed E-state index contributed by atoms with van der Waals surface area (Å²) in [5.41, 5.74) is 3.67. The van der Waals surface area contributed by atoms with Crippen LogP contribution in [0.5, 0.6) is 5.75 Å². The topological polar surface area (TPSA) is 87.7 Å². The minimum absolute atomic E-state index is 0.0548. The zero-order valence-corrected chi connectivity index (χ0v) is 23.4. The average Bonchev–Trinajstić information content (AvgIpc) is 3.58. The third-order valence-electron chi connectivity index (χ3n) is 7.63. The highest BCUT2D eigenvalue weighted by Gasteiger charge is 2.45. The van der Waals surface area contributed by atoms with Crippen molar-refractivity contribution in [1.29, 1.82) is 0 Å². The zero-order valence-electron chi connectivity index (χ0n) is 22.6. The molecule has 8 nitrogen and oxygen atoms in total. The Morgan fingerprint density at radius 3 is 2.62 bits per heavy atom. The van der Waals surface area contributed by atoms with E-state index in [4.69, 9.17) is 30.8 Å². The van der Waals surface area contributed by atoms with Crippen molar-refractivity contribution >= 4 is 17.4 Å². The van der Waals surface area contributed by atoms with Crippen LogP contribution in [0.4, 0.5) is 14.6 Å². The van der Waals surface area contributed by atoms with E-state index in [9.17, 15) is 13.9 Å². The number of alkyl halides is 2. The molecule has 3 atom stereocenters. The first-order chi connectivity index (χ1) is 18.7. The SMILES string of the molecule is CCC[C@@H](O)COc1ccc(Cl)c(-c2nc(-c3c(C)noc3C)c(C)c(N3C[C@H]4C[C@@H]3CN4CC(F)F)n2)c1. The summed E-state index contributed by atoms with van der Waals surface area (Å²) in [6.45, 7) is 8.85. The predicted molar refractivity (Wildman–Crippen MR) is 146 cm³/mol. The van der Waals surface area contributed by atoms with Crippen LogP contribution in [0.2, 0.25) is 5.02 Å². The molecule has 39 heavy (non-hydrogen) atoms. The van der Waals surface area contributed by atoms with Gasteiger partial charge in [0.2, 0.25) is 0 Å². The quantitative estimate of drug-likeness (QED) is 0.350.